The van der Waals surface area contributed by atoms with Gasteiger partial charge in [-0.05, 0) is 94.1 Å². The third-order valence-electron chi connectivity index (χ3n) is 9.81. The maximum absolute atomic E-state index is 13.4. The van der Waals surface area contributed by atoms with E-state index in [1.165, 1.54) is 56.5 Å². The number of hydrogen-bond donors (Lipinski definition) is 0. The summed E-state index contributed by atoms with van der Waals surface area (Å²) >= 11 is 0. The Kier molecular flexibility index (Phi) is 7.28. The Labute approximate surface area is 248 Å². The van der Waals surface area contributed by atoms with E-state index in [1.54, 1.807) is 6.20 Å². The Morgan fingerprint density at radius 1 is 0.881 bits per heavy atom. The van der Waals surface area contributed by atoms with Gasteiger partial charge in [0.2, 0.25) is 0 Å². The molecule has 3 saturated heterocycles. The van der Waals surface area contributed by atoms with E-state index in [0.29, 0.717) is 11.0 Å². The van der Waals surface area contributed by atoms with Crippen molar-refractivity contribution in [3.63, 3.8) is 0 Å². The highest BCUT2D eigenvalue weighted by molar-refractivity contribution is 5.98. The Balaban J connectivity index is 1.06. The van der Waals surface area contributed by atoms with E-state index in [2.05, 4.69) is 61.1 Å². The molecule has 8 heteroatoms. The van der Waals surface area contributed by atoms with Gasteiger partial charge in [-0.15, -0.1) is 0 Å². The van der Waals surface area contributed by atoms with E-state index in [0.717, 1.165) is 60.6 Å². The van der Waals surface area contributed by atoms with Gasteiger partial charge in [0.1, 0.15) is 5.82 Å². The van der Waals surface area contributed by atoms with Crippen LogP contribution in [0.3, 0.4) is 0 Å². The molecule has 0 N–H and O–H groups in total. The highest BCUT2D eigenvalue weighted by atomic mass is 16.1. The second kappa shape index (κ2) is 11.2. The van der Waals surface area contributed by atoms with E-state index in [4.69, 9.17) is 0 Å². The van der Waals surface area contributed by atoms with E-state index in [9.17, 15) is 4.79 Å². The number of aryl methyl sites for hydroxylation is 1. The zero-order chi connectivity index (χ0) is 28.7. The molecule has 3 aromatic heterocycles. The zero-order valence-corrected chi connectivity index (χ0v) is 24.9. The lowest BCUT2D eigenvalue weighted by atomic mass is 9.72. The molecule has 0 amide bonds. The molecule has 3 aliphatic rings. The number of carbonyl (C=O) groups is 1. The molecule has 1 aromatic carbocycles. The molecule has 6 heterocycles. The van der Waals surface area contributed by atoms with Gasteiger partial charge in [-0.25, -0.2) is 4.98 Å². The molecule has 0 radical (unpaired) electrons. The molecule has 42 heavy (non-hydrogen) atoms. The third kappa shape index (κ3) is 5.45. The molecule has 0 unspecified atom stereocenters. The van der Waals surface area contributed by atoms with Crippen LogP contribution in [0.4, 0.5) is 5.82 Å². The number of fused-ring (bicyclic) bond motifs is 1. The van der Waals surface area contributed by atoms with Crippen LogP contribution < -0.4 is 4.90 Å². The fourth-order valence-electron chi connectivity index (χ4n) is 7.04. The van der Waals surface area contributed by atoms with Gasteiger partial charge in [0.25, 0.3) is 0 Å². The predicted molar refractivity (Wildman–Crippen MR) is 167 cm³/mol. The standard InChI is InChI=1S/C34H41N7O/c1-38-14-9-34(10-15-38)23-41(24-34)33-18-26(8-11-35-33)32(42)19-29-17-28-16-25(6-7-27(28)20-36-29)30-21-37-39(2)31(30)22-40-12-4-3-5-13-40/h6-8,11,16-18,20-21H,3-5,9-10,12-15,19,22-24H2,1-2H3. The van der Waals surface area contributed by atoms with Gasteiger partial charge < -0.3 is 9.80 Å². The number of benzene rings is 1. The first kappa shape index (κ1) is 27.2. The number of carbonyl (C=O) groups excluding carboxylic acids is 1. The van der Waals surface area contributed by atoms with E-state index < -0.39 is 0 Å². The summed E-state index contributed by atoms with van der Waals surface area (Å²) in [5.74, 6) is 0.991. The second-order valence-corrected chi connectivity index (χ2v) is 12.9. The number of rotatable bonds is 7. The van der Waals surface area contributed by atoms with Crippen LogP contribution >= 0.6 is 0 Å². The molecule has 8 nitrogen and oxygen atoms in total. The van der Waals surface area contributed by atoms with Crippen molar-refractivity contribution >= 4 is 22.4 Å². The molecule has 7 rings (SSSR count). The minimum Gasteiger partial charge on any atom is -0.355 e. The summed E-state index contributed by atoms with van der Waals surface area (Å²) in [6, 6.07) is 12.4. The third-order valence-corrected chi connectivity index (χ3v) is 9.81. The van der Waals surface area contributed by atoms with Crippen molar-refractivity contribution in [2.24, 2.45) is 12.5 Å². The Bertz CT molecular complexity index is 1590. The number of aromatic nitrogens is 4. The Morgan fingerprint density at radius 3 is 2.50 bits per heavy atom. The lowest BCUT2D eigenvalue weighted by Gasteiger charge is -2.54. The summed E-state index contributed by atoms with van der Waals surface area (Å²) in [7, 11) is 4.24. The lowest BCUT2D eigenvalue weighted by molar-refractivity contribution is 0.0900. The van der Waals surface area contributed by atoms with Crippen molar-refractivity contribution in [3.8, 4) is 11.1 Å². The second-order valence-electron chi connectivity index (χ2n) is 12.9. The maximum atomic E-state index is 13.4. The van der Waals surface area contributed by atoms with Crippen LogP contribution in [-0.2, 0) is 20.0 Å². The van der Waals surface area contributed by atoms with Crippen molar-refractivity contribution in [2.75, 3.05) is 51.2 Å². The first-order chi connectivity index (χ1) is 20.4. The average Bonchev–Trinajstić information content (AvgIpc) is 3.36. The Hall–Kier alpha value is -3.62. The van der Waals surface area contributed by atoms with Crippen LogP contribution in [0.25, 0.3) is 21.9 Å². The minimum atomic E-state index is 0.0762. The van der Waals surface area contributed by atoms with Crippen LogP contribution in [-0.4, -0.2) is 81.6 Å². The molecule has 4 aromatic rings. The number of piperidine rings is 2. The van der Waals surface area contributed by atoms with Crippen molar-refractivity contribution in [3.05, 3.63) is 71.9 Å². The van der Waals surface area contributed by atoms with Crippen LogP contribution in [0.2, 0.25) is 0 Å². The van der Waals surface area contributed by atoms with Gasteiger partial charge in [-0.1, -0.05) is 18.6 Å². The number of ketones is 1. The number of Topliss-reactive ketones (excluding diaryl/α,β-unsaturated/α-hetero) is 1. The first-order valence-corrected chi connectivity index (χ1v) is 15.5. The molecular formula is C34H41N7O. The molecule has 3 aliphatic heterocycles. The Morgan fingerprint density at radius 2 is 1.69 bits per heavy atom. The summed E-state index contributed by atoms with van der Waals surface area (Å²) in [5, 5.41) is 6.78. The fourth-order valence-corrected chi connectivity index (χ4v) is 7.04. The fraction of sp³-hybridized carbons (Fsp3) is 0.471. The van der Waals surface area contributed by atoms with Crippen molar-refractivity contribution < 1.29 is 4.79 Å². The maximum Gasteiger partial charge on any atom is 0.169 e. The van der Waals surface area contributed by atoms with E-state index in [1.807, 2.05) is 36.3 Å². The van der Waals surface area contributed by atoms with Crippen LogP contribution in [0.5, 0.6) is 0 Å². The normalized spacial score (nSPS) is 19.3. The number of hydrogen-bond acceptors (Lipinski definition) is 7. The van der Waals surface area contributed by atoms with E-state index >= 15 is 0 Å². The number of pyridine rings is 2. The van der Waals surface area contributed by atoms with Gasteiger partial charge >= 0.3 is 0 Å². The zero-order valence-electron chi connectivity index (χ0n) is 24.9. The monoisotopic (exact) mass is 563 g/mol. The van der Waals surface area contributed by atoms with Gasteiger partial charge in [-0.3, -0.25) is 19.4 Å². The molecule has 218 valence electrons. The summed E-state index contributed by atoms with van der Waals surface area (Å²) in [6.07, 6.45) is 12.3. The summed E-state index contributed by atoms with van der Waals surface area (Å²) in [4.78, 5) is 29.9. The summed E-state index contributed by atoms with van der Waals surface area (Å²) < 4.78 is 2.02. The van der Waals surface area contributed by atoms with Gasteiger partial charge in [0.05, 0.1) is 18.3 Å². The highest BCUT2D eigenvalue weighted by Crippen LogP contribution is 2.42. The lowest BCUT2D eigenvalue weighted by Crippen LogP contribution is -2.60. The highest BCUT2D eigenvalue weighted by Gasteiger charge is 2.44. The quantitative estimate of drug-likeness (QED) is 0.294. The largest absolute Gasteiger partial charge is 0.355 e. The number of likely N-dealkylation sites (tertiary alicyclic amines) is 2. The van der Waals surface area contributed by atoms with E-state index in [-0.39, 0.29) is 12.2 Å². The van der Waals surface area contributed by atoms with Crippen LogP contribution in [0.15, 0.2) is 55.0 Å². The summed E-state index contributed by atoms with van der Waals surface area (Å²) in [5.41, 5.74) is 5.50. The summed E-state index contributed by atoms with van der Waals surface area (Å²) in [6.45, 7) is 7.64. The average molecular weight is 564 g/mol. The van der Waals surface area contributed by atoms with Gasteiger partial charge in [0.15, 0.2) is 5.78 Å². The van der Waals surface area contributed by atoms with Crippen molar-refractivity contribution in [2.45, 2.75) is 45.1 Å². The van der Waals surface area contributed by atoms with Gasteiger partial charge in [0, 0.05) is 66.7 Å². The smallest absolute Gasteiger partial charge is 0.169 e. The van der Waals surface area contributed by atoms with Crippen molar-refractivity contribution in [1.82, 2.24) is 29.5 Å². The molecule has 0 aliphatic carbocycles. The molecular weight excluding hydrogens is 522 g/mol. The van der Waals surface area contributed by atoms with Crippen molar-refractivity contribution in [1.29, 1.82) is 0 Å². The molecule has 0 saturated carbocycles. The van der Waals surface area contributed by atoms with Gasteiger partial charge in [-0.2, -0.15) is 5.10 Å². The predicted octanol–water partition coefficient (Wildman–Crippen LogP) is 4.97. The molecule has 0 atom stereocenters. The van der Waals surface area contributed by atoms with Crippen LogP contribution in [0, 0.1) is 5.41 Å². The first-order valence-electron chi connectivity index (χ1n) is 15.5. The molecule has 1 spiro atoms. The number of nitrogens with zero attached hydrogens (tertiary/aromatic N) is 7. The SMILES string of the molecule is CN1CCC2(CC1)CN(c1cc(C(=O)Cc3cc4cc(-c5cnn(C)c5CN5CCCCC5)ccc4cn3)ccn1)C2. The topological polar surface area (TPSA) is 70.4 Å². The molecule has 3 fully saturated rings. The number of anilines is 1. The van der Waals surface area contributed by atoms with Crippen LogP contribution in [0.1, 0.15) is 53.8 Å². The minimum absolute atomic E-state index is 0.0762. The molecule has 0 bridgehead atoms.